The Kier molecular flexibility index (Phi) is 3.48. The Morgan fingerprint density at radius 2 is 2.42 bits per heavy atom. The molecule has 1 atom stereocenters. The predicted octanol–water partition coefficient (Wildman–Crippen LogP) is 2.64. The van der Waals surface area contributed by atoms with Crippen molar-refractivity contribution >= 4 is 11.6 Å². The molecule has 1 rings (SSSR count). The molecule has 0 aromatic carbocycles. The first-order valence-corrected chi connectivity index (χ1v) is 4.42. The summed E-state index contributed by atoms with van der Waals surface area (Å²) in [7, 11) is 0. The molecule has 0 saturated heterocycles. The second kappa shape index (κ2) is 4.41. The van der Waals surface area contributed by atoms with E-state index in [0.717, 1.165) is 0 Å². The Labute approximate surface area is 76.6 Å². The van der Waals surface area contributed by atoms with Crippen LogP contribution in [-0.4, -0.2) is 10.9 Å². The molecule has 1 aromatic rings. The summed E-state index contributed by atoms with van der Waals surface area (Å²) >= 11 is 5.62. The number of rotatable bonds is 3. The van der Waals surface area contributed by atoms with Crippen molar-refractivity contribution in [1.29, 1.82) is 0 Å². The predicted molar refractivity (Wildman–Crippen MR) is 47.8 cm³/mol. The van der Waals surface area contributed by atoms with Crippen molar-refractivity contribution in [2.24, 2.45) is 5.92 Å². The maximum Gasteiger partial charge on any atom is 0.144 e. The Morgan fingerprint density at radius 1 is 1.67 bits per heavy atom. The van der Waals surface area contributed by atoms with E-state index >= 15 is 0 Å². The SMILES string of the molecule is CC(CCl)Cc1ccncc1F. The average molecular weight is 188 g/mol. The largest absolute Gasteiger partial charge is 0.262 e. The highest BCUT2D eigenvalue weighted by molar-refractivity contribution is 6.18. The summed E-state index contributed by atoms with van der Waals surface area (Å²) in [5, 5.41) is 0. The summed E-state index contributed by atoms with van der Waals surface area (Å²) in [6, 6.07) is 1.69. The number of pyridine rings is 1. The molecule has 0 N–H and O–H groups in total. The first-order valence-electron chi connectivity index (χ1n) is 3.88. The molecule has 12 heavy (non-hydrogen) atoms. The highest BCUT2D eigenvalue weighted by Crippen LogP contribution is 2.11. The molecule has 0 aliphatic heterocycles. The third-order valence-corrected chi connectivity index (χ3v) is 2.22. The minimum absolute atomic E-state index is 0.241. The van der Waals surface area contributed by atoms with Crippen LogP contribution in [0, 0.1) is 11.7 Å². The summed E-state index contributed by atoms with van der Waals surface area (Å²) in [6.07, 6.45) is 3.51. The van der Waals surface area contributed by atoms with Crippen LogP contribution in [0.2, 0.25) is 0 Å². The van der Waals surface area contributed by atoms with Crippen molar-refractivity contribution in [2.45, 2.75) is 13.3 Å². The van der Waals surface area contributed by atoms with Gasteiger partial charge in [0.15, 0.2) is 0 Å². The van der Waals surface area contributed by atoms with Gasteiger partial charge in [-0.25, -0.2) is 4.39 Å². The first-order chi connectivity index (χ1) is 5.74. The maximum atomic E-state index is 13.0. The molecular formula is C9H11ClFN. The zero-order valence-corrected chi connectivity index (χ0v) is 7.68. The van der Waals surface area contributed by atoms with Crippen LogP contribution in [-0.2, 0) is 6.42 Å². The summed E-state index contributed by atoms with van der Waals surface area (Å²) < 4.78 is 13.0. The third-order valence-electron chi connectivity index (χ3n) is 1.69. The van der Waals surface area contributed by atoms with E-state index < -0.39 is 0 Å². The molecule has 0 aliphatic carbocycles. The van der Waals surface area contributed by atoms with Crippen LogP contribution >= 0.6 is 11.6 Å². The van der Waals surface area contributed by atoms with Crippen LogP contribution in [0.1, 0.15) is 12.5 Å². The Hall–Kier alpha value is -0.630. The highest BCUT2D eigenvalue weighted by Gasteiger charge is 2.05. The normalized spacial score (nSPS) is 12.9. The molecule has 0 saturated carbocycles. The maximum absolute atomic E-state index is 13.0. The molecule has 0 aliphatic rings. The van der Waals surface area contributed by atoms with Crippen LogP contribution in [0.25, 0.3) is 0 Å². The van der Waals surface area contributed by atoms with Gasteiger partial charge in [0.25, 0.3) is 0 Å². The highest BCUT2D eigenvalue weighted by atomic mass is 35.5. The Morgan fingerprint density at radius 3 is 3.00 bits per heavy atom. The lowest BCUT2D eigenvalue weighted by molar-refractivity contribution is 0.572. The van der Waals surface area contributed by atoms with Gasteiger partial charge in [-0.1, -0.05) is 6.92 Å². The van der Waals surface area contributed by atoms with E-state index in [1.165, 1.54) is 6.20 Å². The second-order valence-electron chi connectivity index (χ2n) is 2.93. The fourth-order valence-corrected chi connectivity index (χ4v) is 1.11. The van der Waals surface area contributed by atoms with E-state index in [9.17, 15) is 4.39 Å². The van der Waals surface area contributed by atoms with Crippen LogP contribution in [0.15, 0.2) is 18.5 Å². The van der Waals surface area contributed by atoms with E-state index in [1.807, 2.05) is 6.92 Å². The topological polar surface area (TPSA) is 12.9 Å². The summed E-state index contributed by atoms with van der Waals surface area (Å²) in [6.45, 7) is 1.99. The van der Waals surface area contributed by atoms with Gasteiger partial charge in [0, 0.05) is 12.1 Å². The van der Waals surface area contributed by atoms with Crippen molar-refractivity contribution in [2.75, 3.05) is 5.88 Å². The van der Waals surface area contributed by atoms with Gasteiger partial charge in [0.1, 0.15) is 5.82 Å². The van der Waals surface area contributed by atoms with Gasteiger partial charge >= 0.3 is 0 Å². The molecule has 3 heteroatoms. The monoisotopic (exact) mass is 187 g/mol. The lowest BCUT2D eigenvalue weighted by atomic mass is 10.0. The number of aromatic nitrogens is 1. The molecule has 0 amide bonds. The van der Waals surface area contributed by atoms with Crippen molar-refractivity contribution < 1.29 is 4.39 Å². The zero-order valence-electron chi connectivity index (χ0n) is 6.93. The summed E-state index contributed by atoms with van der Waals surface area (Å²) in [5.74, 6) is 0.625. The van der Waals surface area contributed by atoms with Crippen LogP contribution in [0.5, 0.6) is 0 Å². The van der Waals surface area contributed by atoms with E-state index in [0.29, 0.717) is 23.8 Å². The van der Waals surface area contributed by atoms with Crippen molar-refractivity contribution in [1.82, 2.24) is 4.98 Å². The number of hydrogen-bond donors (Lipinski definition) is 0. The molecule has 1 unspecified atom stereocenters. The summed E-state index contributed by atoms with van der Waals surface area (Å²) in [4.78, 5) is 3.67. The molecule has 0 bridgehead atoms. The molecule has 1 nitrogen and oxygen atoms in total. The fraction of sp³-hybridized carbons (Fsp3) is 0.444. The minimum atomic E-state index is -0.241. The lowest BCUT2D eigenvalue weighted by Crippen LogP contribution is -2.03. The standard InChI is InChI=1S/C9H11ClFN/c1-7(5-10)4-8-2-3-12-6-9(8)11/h2-3,6-7H,4-5H2,1H3. The van der Waals surface area contributed by atoms with Gasteiger partial charge in [-0.05, 0) is 24.0 Å². The van der Waals surface area contributed by atoms with Crippen LogP contribution in [0.3, 0.4) is 0 Å². The Bertz CT molecular complexity index is 252. The van der Waals surface area contributed by atoms with E-state index in [2.05, 4.69) is 4.98 Å². The van der Waals surface area contributed by atoms with E-state index in [-0.39, 0.29) is 5.82 Å². The number of alkyl halides is 1. The minimum Gasteiger partial charge on any atom is -0.262 e. The second-order valence-corrected chi connectivity index (χ2v) is 3.24. The number of halogens is 2. The first kappa shape index (κ1) is 9.46. The number of nitrogens with zero attached hydrogens (tertiary/aromatic N) is 1. The fourth-order valence-electron chi connectivity index (χ4n) is 1.000. The number of hydrogen-bond acceptors (Lipinski definition) is 1. The van der Waals surface area contributed by atoms with Crippen LogP contribution < -0.4 is 0 Å². The van der Waals surface area contributed by atoms with E-state index in [4.69, 9.17) is 11.6 Å². The molecule has 0 spiro atoms. The zero-order chi connectivity index (χ0) is 8.97. The molecule has 1 heterocycles. The third kappa shape index (κ3) is 2.45. The van der Waals surface area contributed by atoms with E-state index in [1.54, 1.807) is 12.3 Å². The lowest BCUT2D eigenvalue weighted by Gasteiger charge is -2.06. The molecule has 0 fully saturated rings. The van der Waals surface area contributed by atoms with Gasteiger partial charge < -0.3 is 0 Å². The molecule has 1 aromatic heterocycles. The van der Waals surface area contributed by atoms with Gasteiger partial charge in [0.05, 0.1) is 6.20 Å². The van der Waals surface area contributed by atoms with Gasteiger partial charge in [-0.3, -0.25) is 4.98 Å². The molecular weight excluding hydrogens is 177 g/mol. The van der Waals surface area contributed by atoms with Crippen molar-refractivity contribution in [3.05, 3.63) is 29.8 Å². The summed E-state index contributed by atoms with van der Waals surface area (Å²) in [5.41, 5.74) is 0.693. The van der Waals surface area contributed by atoms with Crippen molar-refractivity contribution in [3.63, 3.8) is 0 Å². The van der Waals surface area contributed by atoms with Crippen molar-refractivity contribution in [3.8, 4) is 0 Å². The quantitative estimate of drug-likeness (QED) is 0.663. The van der Waals surface area contributed by atoms with Gasteiger partial charge in [0.2, 0.25) is 0 Å². The molecule has 0 radical (unpaired) electrons. The Balaban J connectivity index is 2.69. The average Bonchev–Trinajstić information content (AvgIpc) is 2.09. The van der Waals surface area contributed by atoms with Gasteiger partial charge in [-0.15, -0.1) is 11.6 Å². The molecule has 66 valence electrons. The van der Waals surface area contributed by atoms with Crippen LogP contribution in [0.4, 0.5) is 4.39 Å². The smallest absolute Gasteiger partial charge is 0.144 e. The van der Waals surface area contributed by atoms with Gasteiger partial charge in [-0.2, -0.15) is 0 Å².